The maximum atomic E-state index is 7.10. The van der Waals surface area contributed by atoms with E-state index < -0.39 is 0 Å². The van der Waals surface area contributed by atoms with E-state index >= 15 is 0 Å². The van der Waals surface area contributed by atoms with Gasteiger partial charge in [-0.2, -0.15) is 0 Å². The van der Waals surface area contributed by atoms with Crippen LogP contribution in [0, 0.1) is 11.8 Å². The fraction of sp³-hybridized carbons (Fsp3) is 0.842. The average molecular weight is 626 g/mol. The maximum absolute atomic E-state index is 7.10. The van der Waals surface area contributed by atoms with Gasteiger partial charge in [0.15, 0.2) is 11.5 Å². The summed E-state index contributed by atoms with van der Waals surface area (Å²) in [7, 11) is 3.43. The van der Waals surface area contributed by atoms with Crippen LogP contribution in [0.25, 0.3) is 0 Å². The Morgan fingerprint density at radius 3 is 2.49 bits per heavy atom. The van der Waals surface area contributed by atoms with E-state index in [1.54, 1.807) is 14.2 Å². The Morgan fingerprint density at radius 2 is 1.69 bits per heavy atom. The minimum Gasteiger partial charge on any atom is -0.493 e. The molecule has 6 rings (SSSR count). The monoisotopic (exact) mass is 625 g/mol. The van der Waals surface area contributed by atoms with Gasteiger partial charge in [-0.05, 0) is 113 Å². The van der Waals surface area contributed by atoms with E-state index in [4.69, 9.17) is 18.9 Å². The lowest BCUT2D eigenvalue weighted by Gasteiger charge is -2.46. The number of ether oxygens (including phenoxy) is 4. The number of rotatable bonds is 6. The molecule has 1 aromatic carbocycles. The van der Waals surface area contributed by atoms with Crippen molar-refractivity contribution in [2.24, 2.45) is 11.8 Å². The zero-order valence-electron chi connectivity index (χ0n) is 28.5. The Hall–Kier alpha value is -1.38. The molecule has 2 bridgehead atoms. The second-order valence-corrected chi connectivity index (χ2v) is 15.1. The van der Waals surface area contributed by atoms with Gasteiger partial charge < -0.3 is 29.6 Å². The molecule has 254 valence electrons. The van der Waals surface area contributed by atoms with Crippen molar-refractivity contribution in [1.29, 1.82) is 0 Å². The van der Waals surface area contributed by atoms with Gasteiger partial charge in [-0.3, -0.25) is 4.90 Å². The highest BCUT2D eigenvalue weighted by Gasteiger charge is 2.39. The zero-order valence-corrected chi connectivity index (χ0v) is 28.5. The topological polar surface area (TPSA) is 64.2 Å². The van der Waals surface area contributed by atoms with Crippen LogP contribution in [0.5, 0.6) is 11.5 Å². The van der Waals surface area contributed by atoms with Crippen molar-refractivity contribution in [2.75, 3.05) is 53.6 Å². The fourth-order valence-electron chi connectivity index (χ4n) is 9.25. The van der Waals surface area contributed by atoms with Crippen molar-refractivity contribution in [3.8, 4) is 11.5 Å². The summed E-state index contributed by atoms with van der Waals surface area (Å²) < 4.78 is 24.8. The molecule has 7 heteroatoms. The van der Waals surface area contributed by atoms with Gasteiger partial charge in [0, 0.05) is 37.3 Å². The van der Waals surface area contributed by atoms with Gasteiger partial charge in [0.25, 0.3) is 0 Å². The van der Waals surface area contributed by atoms with Crippen molar-refractivity contribution in [1.82, 2.24) is 15.5 Å². The standard InChI is InChI=1S/C38H63N3O4/c1-42-36-18-16-29(24-37(36)43-2)15-17-35-31-12-8-14-33(25-31)44-23-21-40-38(19-9-20-38)28-39-34(30-10-4-3-5-11-30)26-41-22-7-6-13-32(41)27-45-35/h16,18,24,30-35,39-40H,3-15,17,19-23,25-28H2,1-2H3/t31?,32-,33?,34-,35+/m0/s1. The number of piperidine rings is 1. The van der Waals surface area contributed by atoms with E-state index in [1.807, 2.05) is 6.07 Å². The third-order valence-corrected chi connectivity index (χ3v) is 12.2. The molecule has 2 aliphatic heterocycles. The number of hydrogen-bond donors (Lipinski definition) is 2. The molecule has 7 nitrogen and oxygen atoms in total. The molecule has 3 aliphatic carbocycles. The van der Waals surface area contributed by atoms with Crippen LogP contribution in [0.1, 0.15) is 108 Å². The number of methoxy groups -OCH3 is 2. The van der Waals surface area contributed by atoms with Gasteiger partial charge in [-0.15, -0.1) is 0 Å². The maximum Gasteiger partial charge on any atom is 0.160 e. The number of fused-ring (bicyclic) bond motifs is 3. The van der Waals surface area contributed by atoms with Crippen LogP contribution < -0.4 is 20.1 Å². The Labute approximate surface area is 273 Å². The summed E-state index contributed by atoms with van der Waals surface area (Å²) in [6, 6.07) is 7.48. The molecule has 2 saturated heterocycles. The van der Waals surface area contributed by atoms with Gasteiger partial charge in [0.05, 0.1) is 39.6 Å². The molecule has 0 aromatic heterocycles. The van der Waals surface area contributed by atoms with Crippen LogP contribution in [0.4, 0.5) is 0 Å². The minimum absolute atomic E-state index is 0.257. The molecule has 5 atom stereocenters. The number of nitrogens with one attached hydrogen (secondary N) is 2. The first kappa shape index (κ1) is 33.5. The number of aryl methyl sites for hydroxylation is 1. The summed E-state index contributed by atoms with van der Waals surface area (Å²) in [6.45, 7) is 6.15. The fourth-order valence-corrected chi connectivity index (χ4v) is 9.25. The van der Waals surface area contributed by atoms with Crippen LogP contribution in [0.15, 0.2) is 18.2 Å². The van der Waals surface area contributed by atoms with E-state index in [0.717, 1.165) is 63.0 Å². The van der Waals surface area contributed by atoms with Crippen LogP contribution >= 0.6 is 0 Å². The van der Waals surface area contributed by atoms with Crippen LogP contribution in [-0.2, 0) is 15.9 Å². The summed E-state index contributed by atoms with van der Waals surface area (Å²) >= 11 is 0. The molecule has 5 fully saturated rings. The Balaban J connectivity index is 1.19. The summed E-state index contributed by atoms with van der Waals surface area (Å²) in [5, 5.41) is 8.21. The van der Waals surface area contributed by atoms with E-state index in [2.05, 4.69) is 27.7 Å². The van der Waals surface area contributed by atoms with Crippen LogP contribution in [0.3, 0.4) is 0 Å². The van der Waals surface area contributed by atoms with Crippen molar-refractivity contribution in [2.45, 2.75) is 139 Å². The summed E-state index contributed by atoms with van der Waals surface area (Å²) in [4.78, 5) is 2.84. The van der Waals surface area contributed by atoms with Gasteiger partial charge in [0.1, 0.15) is 0 Å². The van der Waals surface area contributed by atoms with Gasteiger partial charge in [0.2, 0.25) is 0 Å². The molecule has 1 spiro atoms. The average Bonchev–Trinajstić information content (AvgIpc) is 3.07. The second-order valence-electron chi connectivity index (χ2n) is 15.1. The first-order valence-corrected chi connectivity index (χ1v) is 18.8. The largest absolute Gasteiger partial charge is 0.493 e. The zero-order chi connectivity index (χ0) is 30.9. The first-order chi connectivity index (χ1) is 22.1. The third kappa shape index (κ3) is 8.95. The molecule has 2 heterocycles. The normalized spacial score (nSPS) is 32.6. The highest BCUT2D eigenvalue weighted by molar-refractivity contribution is 5.42. The molecular weight excluding hydrogens is 562 g/mol. The van der Waals surface area contributed by atoms with E-state index in [-0.39, 0.29) is 11.6 Å². The summed E-state index contributed by atoms with van der Waals surface area (Å²) in [5.41, 5.74) is 1.55. The lowest BCUT2D eigenvalue weighted by molar-refractivity contribution is -0.0648. The minimum atomic E-state index is 0.257. The molecule has 3 saturated carbocycles. The number of benzene rings is 1. The molecular formula is C38H63N3O4. The van der Waals surface area contributed by atoms with Crippen molar-refractivity contribution < 1.29 is 18.9 Å². The number of hydrogen-bond acceptors (Lipinski definition) is 7. The predicted octanol–water partition coefficient (Wildman–Crippen LogP) is 6.52. The molecule has 45 heavy (non-hydrogen) atoms. The Kier molecular flexibility index (Phi) is 12.4. The lowest BCUT2D eigenvalue weighted by Crippen LogP contribution is -2.61. The third-order valence-electron chi connectivity index (χ3n) is 12.2. The van der Waals surface area contributed by atoms with Gasteiger partial charge >= 0.3 is 0 Å². The second kappa shape index (κ2) is 16.6. The quantitative estimate of drug-likeness (QED) is 0.374. The predicted molar refractivity (Wildman–Crippen MR) is 181 cm³/mol. The highest BCUT2D eigenvalue weighted by atomic mass is 16.5. The van der Waals surface area contributed by atoms with Crippen molar-refractivity contribution in [3.63, 3.8) is 0 Å². The molecule has 1 aromatic rings. The van der Waals surface area contributed by atoms with Crippen molar-refractivity contribution >= 4 is 0 Å². The SMILES string of the molecule is COc1ccc(CC[C@H]2OC[C@@H]3CCCCN3C[C@@H](C3CCCCC3)NCC3(CCC3)NCCOC3CCCC2C3)cc1OC. The Morgan fingerprint density at radius 1 is 0.867 bits per heavy atom. The molecule has 2 unspecified atom stereocenters. The first-order valence-electron chi connectivity index (χ1n) is 18.8. The van der Waals surface area contributed by atoms with Crippen molar-refractivity contribution in [3.05, 3.63) is 23.8 Å². The summed E-state index contributed by atoms with van der Waals surface area (Å²) in [6.07, 6.45) is 22.3. The number of nitrogens with zero attached hydrogens (tertiary/aromatic N) is 1. The lowest BCUT2D eigenvalue weighted by atomic mass is 9.76. The molecule has 0 amide bonds. The molecule has 2 N–H and O–H groups in total. The summed E-state index contributed by atoms with van der Waals surface area (Å²) in [5.74, 6) is 2.96. The van der Waals surface area contributed by atoms with Crippen LogP contribution in [-0.4, -0.2) is 88.3 Å². The van der Waals surface area contributed by atoms with Crippen LogP contribution in [0.2, 0.25) is 0 Å². The van der Waals surface area contributed by atoms with Gasteiger partial charge in [-0.25, -0.2) is 0 Å². The smallest absolute Gasteiger partial charge is 0.160 e. The van der Waals surface area contributed by atoms with E-state index in [0.29, 0.717) is 24.1 Å². The Bertz CT molecular complexity index is 1030. The molecule has 0 radical (unpaired) electrons. The highest BCUT2D eigenvalue weighted by Crippen LogP contribution is 2.36. The van der Waals surface area contributed by atoms with E-state index in [9.17, 15) is 0 Å². The molecule has 5 aliphatic rings. The van der Waals surface area contributed by atoms with E-state index in [1.165, 1.54) is 109 Å². The van der Waals surface area contributed by atoms with Gasteiger partial charge in [-0.1, -0.05) is 38.2 Å².